The number of hydrogen-bond donors (Lipinski definition) is 1. The molecule has 1 N–H and O–H groups in total. The van der Waals surface area contributed by atoms with E-state index in [0.717, 1.165) is 5.56 Å². The average Bonchev–Trinajstić information content (AvgIpc) is 2.97. The summed E-state index contributed by atoms with van der Waals surface area (Å²) >= 11 is 13.5. The Bertz CT molecular complexity index is 902. The van der Waals surface area contributed by atoms with E-state index in [1.165, 1.54) is 16.7 Å². The van der Waals surface area contributed by atoms with E-state index in [9.17, 15) is 9.59 Å². The molecule has 0 radical (unpaired) electrons. The van der Waals surface area contributed by atoms with Crippen molar-refractivity contribution in [3.63, 3.8) is 0 Å². The van der Waals surface area contributed by atoms with Crippen molar-refractivity contribution in [1.82, 2.24) is 0 Å². The van der Waals surface area contributed by atoms with Crippen LogP contribution in [-0.2, 0) is 9.59 Å². The van der Waals surface area contributed by atoms with Crippen molar-refractivity contribution in [2.75, 3.05) is 22.5 Å². The molecule has 0 spiro atoms. The number of halogens is 2. The first-order valence-electron chi connectivity index (χ1n) is 7.76. The zero-order valence-electron chi connectivity index (χ0n) is 13.8. The summed E-state index contributed by atoms with van der Waals surface area (Å²) in [6.07, 6.45) is 0. The number of anilines is 2. The van der Waals surface area contributed by atoms with E-state index in [2.05, 4.69) is 10.3 Å². The molecule has 8 heteroatoms. The average molecular weight is 408 g/mol. The third kappa shape index (κ3) is 4.20. The van der Waals surface area contributed by atoms with Crippen LogP contribution in [0.3, 0.4) is 0 Å². The lowest BCUT2D eigenvalue weighted by molar-refractivity contribution is -0.116. The number of benzene rings is 2. The second-order valence-corrected chi connectivity index (χ2v) is 7.36. The monoisotopic (exact) mass is 407 g/mol. The van der Waals surface area contributed by atoms with E-state index in [1.807, 2.05) is 13.0 Å². The van der Waals surface area contributed by atoms with Crippen molar-refractivity contribution in [1.29, 1.82) is 0 Å². The molecule has 134 valence electrons. The van der Waals surface area contributed by atoms with E-state index >= 15 is 0 Å². The van der Waals surface area contributed by atoms with Gasteiger partial charge in [-0.2, -0.15) is 0 Å². The topological polar surface area (TPSA) is 61.8 Å². The fourth-order valence-corrected chi connectivity index (χ4v) is 3.72. The summed E-state index contributed by atoms with van der Waals surface area (Å²) in [5.41, 5.74) is 2.12. The maximum absolute atomic E-state index is 12.2. The molecule has 2 amide bonds. The van der Waals surface area contributed by atoms with Gasteiger partial charge in [-0.25, -0.2) is 0 Å². The number of nitrogens with zero attached hydrogens (tertiary/aromatic N) is 2. The highest BCUT2D eigenvalue weighted by atomic mass is 35.5. The molecule has 26 heavy (non-hydrogen) atoms. The molecule has 2 aromatic carbocycles. The Balaban J connectivity index is 1.66. The van der Waals surface area contributed by atoms with Gasteiger partial charge in [0.2, 0.25) is 5.91 Å². The number of aliphatic imine (C=N–C) groups is 1. The van der Waals surface area contributed by atoms with Crippen LogP contribution >= 0.6 is 35.0 Å². The molecule has 1 aliphatic rings. The Morgan fingerprint density at radius 2 is 2.00 bits per heavy atom. The molecule has 3 rings (SSSR count). The van der Waals surface area contributed by atoms with Gasteiger partial charge in [0, 0.05) is 0 Å². The molecule has 0 aromatic heterocycles. The number of para-hydroxylation sites is 1. The third-order valence-electron chi connectivity index (χ3n) is 3.61. The van der Waals surface area contributed by atoms with Crippen LogP contribution in [0.2, 0.25) is 10.0 Å². The van der Waals surface area contributed by atoms with Crippen molar-refractivity contribution < 1.29 is 9.59 Å². The first-order chi connectivity index (χ1) is 12.5. The first-order valence-corrected chi connectivity index (χ1v) is 9.50. The molecule has 0 bridgehead atoms. The number of amides is 2. The fourth-order valence-electron chi connectivity index (χ4n) is 2.40. The van der Waals surface area contributed by atoms with Gasteiger partial charge in [-0.15, -0.1) is 0 Å². The molecule has 0 atom stereocenters. The number of thioether (sulfide) groups is 1. The van der Waals surface area contributed by atoms with Gasteiger partial charge in [-0.05, 0) is 36.8 Å². The van der Waals surface area contributed by atoms with Gasteiger partial charge in [-0.3, -0.25) is 19.5 Å². The van der Waals surface area contributed by atoms with Crippen LogP contribution in [0.25, 0.3) is 0 Å². The Kier molecular flexibility index (Phi) is 5.86. The Labute approximate surface area is 165 Å². The predicted molar refractivity (Wildman–Crippen MR) is 109 cm³/mol. The zero-order valence-corrected chi connectivity index (χ0v) is 16.2. The largest absolute Gasteiger partial charge is 0.324 e. The quantitative estimate of drug-likeness (QED) is 0.817. The fraction of sp³-hybridized carbons (Fsp3) is 0.167. The standard InChI is InChI=1S/C18H15Cl2N3O2S/c1-11-6-7-14(13(20)8-11)22-16(24)10-26-18-21-9-17(25)23(18)15-5-3-2-4-12(15)19/h2-8H,9-10H2,1H3,(H,22,24). The highest BCUT2D eigenvalue weighted by Crippen LogP contribution is 2.30. The van der Waals surface area contributed by atoms with Gasteiger partial charge in [0.25, 0.3) is 5.91 Å². The summed E-state index contributed by atoms with van der Waals surface area (Å²) in [5, 5.41) is 4.15. The number of aryl methyl sites for hydroxylation is 1. The molecule has 0 unspecified atom stereocenters. The molecule has 1 heterocycles. The van der Waals surface area contributed by atoms with E-state index in [4.69, 9.17) is 23.2 Å². The Hall–Kier alpha value is -2.02. The molecule has 1 aliphatic heterocycles. The van der Waals surface area contributed by atoms with Crippen LogP contribution in [0, 0.1) is 6.92 Å². The van der Waals surface area contributed by atoms with Crippen molar-refractivity contribution >= 4 is 63.3 Å². The summed E-state index contributed by atoms with van der Waals surface area (Å²) < 4.78 is 0. The zero-order chi connectivity index (χ0) is 18.7. The minimum Gasteiger partial charge on any atom is -0.324 e. The van der Waals surface area contributed by atoms with Crippen LogP contribution in [0.15, 0.2) is 47.5 Å². The second-order valence-electron chi connectivity index (χ2n) is 5.60. The van der Waals surface area contributed by atoms with Crippen molar-refractivity contribution in [2.24, 2.45) is 4.99 Å². The molecule has 0 saturated carbocycles. The lowest BCUT2D eigenvalue weighted by Crippen LogP contribution is -2.31. The van der Waals surface area contributed by atoms with E-state index in [1.54, 1.807) is 36.4 Å². The molecule has 5 nitrogen and oxygen atoms in total. The van der Waals surface area contributed by atoms with Gasteiger partial charge in [0.1, 0.15) is 6.54 Å². The Morgan fingerprint density at radius 1 is 1.23 bits per heavy atom. The maximum atomic E-state index is 12.2. The summed E-state index contributed by atoms with van der Waals surface area (Å²) in [7, 11) is 0. The highest BCUT2D eigenvalue weighted by molar-refractivity contribution is 8.14. The lowest BCUT2D eigenvalue weighted by atomic mass is 10.2. The number of amidine groups is 1. The summed E-state index contributed by atoms with van der Waals surface area (Å²) in [5.74, 6) is -0.318. The highest BCUT2D eigenvalue weighted by Gasteiger charge is 2.29. The number of rotatable bonds is 4. The summed E-state index contributed by atoms with van der Waals surface area (Å²) in [6.45, 7) is 1.96. The molecule has 2 aromatic rings. The predicted octanol–water partition coefficient (Wildman–Crippen LogP) is 4.38. The molecule has 0 fully saturated rings. The number of hydrogen-bond acceptors (Lipinski definition) is 4. The first kappa shape index (κ1) is 18.8. The SMILES string of the molecule is Cc1ccc(NC(=O)CSC2=NCC(=O)N2c2ccccc2Cl)c(Cl)c1. The number of carbonyl (C=O) groups is 2. The minimum absolute atomic E-state index is 0.0406. The van der Waals surface area contributed by atoms with Gasteiger partial charge in [0.05, 0.1) is 27.2 Å². The smallest absolute Gasteiger partial charge is 0.254 e. The van der Waals surface area contributed by atoms with Gasteiger partial charge < -0.3 is 5.32 Å². The summed E-state index contributed by atoms with van der Waals surface area (Å²) in [6, 6.07) is 12.4. The van der Waals surface area contributed by atoms with Crippen LogP contribution < -0.4 is 10.2 Å². The van der Waals surface area contributed by atoms with Crippen LogP contribution in [-0.4, -0.2) is 29.3 Å². The second kappa shape index (κ2) is 8.12. The lowest BCUT2D eigenvalue weighted by Gasteiger charge is -2.19. The van der Waals surface area contributed by atoms with Crippen molar-refractivity contribution in [2.45, 2.75) is 6.92 Å². The molecule has 0 saturated heterocycles. The Morgan fingerprint density at radius 3 is 2.73 bits per heavy atom. The van der Waals surface area contributed by atoms with E-state index < -0.39 is 0 Å². The third-order valence-corrected chi connectivity index (χ3v) is 5.22. The molecular weight excluding hydrogens is 393 g/mol. The maximum Gasteiger partial charge on any atom is 0.254 e. The normalized spacial score (nSPS) is 13.7. The minimum atomic E-state index is -0.234. The number of nitrogens with one attached hydrogen (secondary N) is 1. The van der Waals surface area contributed by atoms with Gasteiger partial charge >= 0.3 is 0 Å². The van der Waals surface area contributed by atoms with Gasteiger partial charge in [-0.1, -0.05) is 53.2 Å². The van der Waals surface area contributed by atoms with Crippen LogP contribution in [0.1, 0.15) is 5.56 Å². The number of carbonyl (C=O) groups excluding carboxylic acids is 2. The molecular formula is C18H15Cl2N3O2S. The van der Waals surface area contributed by atoms with Crippen molar-refractivity contribution in [3.8, 4) is 0 Å². The van der Waals surface area contributed by atoms with Gasteiger partial charge in [0.15, 0.2) is 5.17 Å². The van der Waals surface area contributed by atoms with Crippen LogP contribution in [0.5, 0.6) is 0 Å². The van der Waals surface area contributed by atoms with E-state index in [-0.39, 0.29) is 24.1 Å². The van der Waals surface area contributed by atoms with E-state index in [0.29, 0.717) is 26.6 Å². The molecule has 0 aliphatic carbocycles. The van der Waals surface area contributed by atoms with Crippen molar-refractivity contribution in [3.05, 3.63) is 58.1 Å². The summed E-state index contributed by atoms with van der Waals surface area (Å²) in [4.78, 5) is 30.1. The van der Waals surface area contributed by atoms with Crippen LogP contribution in [0.4, 0.5) is 11.4 Å².